The van der Waals surface area contributed by atoms with E-state index < -0.39 is 11.5 Å². The molecule has 0 fully saturated rings. The first kappa shape index (κ1) is 14.2. The van der Waals surface area contributed by atoms with Crippen LogP contribution in [0.25, 0.3) is 5.65 Å². The minimum atomic E-state index is -0.658. The Morgan fingerprint density at radius 2 is 2.26 bits per heavy atom. The second-order valence-corrected chi connectivity index (χ2v) is 5.18. The lowest BCUT2D eigenvalue weighted by molar-refractivity contribution is 0.0523. The van der Waals surface area contributed by atoms with Crippen LogP contribution in [0.5, 0.6) is 0 Å². The second-order valence-electron chi connectivity index (χ2n) is 3.71. The number of carbonyl (C=O) groups excluding carboxylic acids is 1. The molecule has 0 aliphatic heterocycles. The largest absolute Gasteiger partial charge is 0.462 e. The van der Waals surface area contributed by atoms with Crippen LogP contribution in [0.4, 0.5) is 0 Å². The number of carbonyl (C=O) groups is 1. The first-order chi connectivity index (χ1) is 9.08. The van der Waals surface area contributed by atoms with Crippen molar-refractivity contribution >= 4 is 43.5 Å². The summed E-state index contributed by atoms with van der Waals surface area (Å²) in [5.74, 6) is -0.658. The standard InChI is InChI=1S/C12H10Br2N2O3/c1-2-19-12(18)9-5-15-10-7(4-13)3-8(14)6-16(10)11(9)17/h3,5-6H,2,4H2,1H3. The summed E-state index contributed by atoms with van der Waals surface area (Å²) in [7, 11) is 0. The SMILES string of the molecule is CCOC(=O)c1cnc2c(CBr)cc(Br)cn2c1=O. The Morgan fingerprint density at radius 1 is 1.53 bits per heavy atom. The van der Waals surface area contributed by atoms with Crippen LogP contribution in [0.15, 0.2) is 27.7 Å². The molecule has 100 valence electrons. The summed E-state index contributed by atoms with van der Waals surface area (Å²) < 4.78 is 6.91. The van der Waals surface area contributed by atoms with Gasteiger partial charge in [0.2, 0.25) is 0 Å². The van der Waals surface area contributed by atoms with Gasteiger partial charge in [0, 0.05) is 27.8 Å². The molecule has 0 unspecified atom stereocenters. The molecule has 19 heavy (non-hydrogen) atoms. The van der Waals surface area contributed by atoms with E-state index in [0.717, 1.165) is 10.0 Å². The van der Waals surface area contributed by atoms with E-state index in [1.165, 1.54) is 10.6 Å². The van der Waals surface area contributed by atoms with Crippen molar-refractivity contribution in [3.63, 3.8) is 0 Å². The summed E-state index contributed by atoms with van der Waals surface area (Å²) in [5, 5.41) is 0.557. The fourth-order valence-electron chi connectivity index (χ4n) is 1.67. The number of hydrogen-bond acceptors (Lipinski definition) is 4. The Morgan fingerprint density at radius 3 is 2.89 bits per heavy atom. The van der Waals surface area contributed by atoms with Crippen LogP contribution in [0, 0.1) is 0 Å². The Kier molecular flexibility index (Phi) is 4.36. The van der Waals surface area contributed by atoms with Crippen molar-refractivity contribution in [1.29, 1.82) is 0 Å². The average molecular weight is 390 g/mol. The number of esters is 1. The van der Waals surface area contributed by atoms with Gasteiger partial charge < -0.3 is 4.74 Å². The maximum atomic E-state index is 12.3. The van der Waals surface area contributed by atoms with Crippen molar-refractivity contribution in [2.24, 2.45) is 0 Å². The predicted octanol–water partition coefficient (Wildman–Crippen LogP) is 2.53. The van der Waals surface area contributed by atoms with E-state index >= 15 is 0 Å². The van der Waals surface area contributed by atoms with Crippen molar-refractivity contribution in [3.05, 3.63) is 44.4 Å². The van der Waals surface area contributed by atoms with Gasteiger partial charge in [0.05, 0.1) is 6.61 Å². The van der Waals surface area contributed by atoms with Crippen LogP contribution in [0.1, 0.15) is 22.8 Å². The summed E-state index contributed by atoms with van der Waals surface area (Å²) in [4.78, 5) is 28.1. The normalized spacial score (nSPS) is 10.7. The summed E-state index contributed by atoms with van der Waals surface area (Å²) in [6.45, 7) is 1.90. The first-order valence-electron chi connectivity index (χ1n) is 5.51. The lowest BCUT2D eigenvalue weighted by Gasteiger charge is -2.07. The van der Waals surface area contributed by atoms with E-state index in [1.807, 2.05) is 6.07 Å². The highest BCUT2D eigenvalue weighted by Gasteiger charge is 2.15. The third-order valence-electron chi connectivity index (χ3n) is 2.48. The molecule has 0 aliphatic rings. The molecule has 2 heterocycles. The molecular formula is C12H10Br2N2O3. The average Bonchev–Trinajstić information content (AvgIpc) is 2.39. The van der Waals surface area contributed by atoms with Gasteiger partial charge in [0.15, 0.2) is 0 Å². The van der Waals surface area contributed by atoms with Gasteiger partial charge in [-0.05, 0) is 28.9 Å². The lowest BCUT2D eigenvalue weighted by Crippen LogP contribution is -2.24. The number of halogens is 2. The van der Waals surface area contributed by atoms with E-state index in [-0.39, 0.29) is 12.2 Å². The Balaban J connectivity index is 2.72. The molecule has 0 bridgehead atoms. The number of pyridine rings is 1. The van der Waals surface area contributed by atoms with Gasteiger partial charge in [-0.3, -0.25) is 9.20 Å². The molecular weight excluding hydrogens is 380 g/mol. The molecule has 0 aromatic carbocycles. The molecule has 0 saturated heterocycles. The van der Waals surface area contributed by atoms with Gasteiger partial charge in [-0.25, -0.2) is 9.78 Å². The van der Waals surface area contributed by atoms with Gasteiger partial charge in [-0.2, -0.15) is 0 Å². The van der Waals surface area contributed by atoms with E-state index in [4.69, 9.17) is 4.74 Å². The molecule has 2 rings (SSSR count). The molecule has 0 radical (unpaired) electrons. The van der Waals surface area contributed by atoms with E-state index in [0.29, 0.717) is 11.0 Å². The fraction of sp³-hybridized carbons (Fsp3) is 0.250. The molecule has 0 amide bonds. The zero-order valence-corrected chi connectivity index (χ0v) is 13.2. The first-order valence-corrected chi connectivity index (χ1v) is 7.42. The predicted molar refractivity (Wildman–Crippen MR) is 77.7 cm³/mol. The minimum absolute atomic E-state index is 0.0713. The van der Waals surface area contributed by atoms with Crippen LogP contribution >= 0.6 is 31.9 Å². The molecule has 0 aliphatic carbocycles. The van der Waals surface area contributed by atoms with Crippen molar-refractivity contribution < 1.29 is 9.53 Å². The molecule has 2 aromatic heterocycles. The van der Waals surface area contributed by atoms with E-state index in [2.05, 4.69) is 36.8 Å². The summed E-state index contributed by atoms with van der Waals surface area (Å²) in [5.41, 5.74) is 0.852. The highest BCUT2D eigenvalue weighted by atomic mass is 79.9. The maximum absolute atomic E-state index is 12.3. The van der Waals surface area contributed by atoms with Gasteiger partial charge in [0.25, 0.3) is 5.56 Å². The smallest absolute Gasteiger partial charge is 0.345 e. The highest BCUT2D eigenvalue weighted by Crippen LogP contribution is 2.17. The molecule has 0 atom stereocenters. The summed E-state index contributed by atoms with van der Waals surface area (Å²) in [6, 6.07) is 1.86. The zero-order chi connectivity index (χ0) is 14.0. The maximum Gasteiger partial charge on any atom is 0.345 e. The molecule has 2 aromatic rings. The zero-order valence-electron chi connectivity index (χ0n) is 10.0. The lowest BCUT2D eigenvalue weighted by atomic mass is 10.2. The van der Waals surface area contributed by atoms with Gasteiger partial charge in [0.1, 0.15) is 11.2 Å². The second kappa shape index (κ2) is 5.83. The highest BCUT2D eigenvalue weighted by molar-refractivity contribution is 9.10. The minimum Gasteiger partial charge on any atom is -0.462 e. The molecule has 0 N–H and O–H groups in total. The van der Waals surface area contributed by atoms with Crippen LogP contribution < -0.4 is 5.56 Å². The quantitative estimate of drug-likeness (QED) is 0.597. The van der Waals surface area contributed by atoms with Crippen molar-refractivity contribution in [3.8, 4) is 0 Å². The number of alkyl halides is 1. The van der Waals surface area contributed by atoms with E-state index in [9.17, 15) is 9.59 Å². The number of hydrogen-bond donors (Lipinski definition) is 0. The Hall–Kier alpha value is -1.21. The third-order valence-corrected chi connectivity index (χ3v) is 3.52. The number of fused-ring (bicyclic) bond motifs is 1. The summed E-state index contributed by atoms with van der Waals surface area (Å²) >= 11 is 6.67. The van der Waals surface area contributed by atoms with Crippen LogP contribution in [0.3, 0.4) is 0 Å². The third kappa shape index (κ3) is 2.71. The van der Waals surface area contributed by atoms with Crippen molar-refractivity contribution in [1.82, 2.24) is 9.38 Å². The van der Waals surface area contributed by atoms with Gasteiger partial charge in [-0.15, -0.1) is 0 Å². The Labute approximate surface area is 125 Å². The van der Waals surface area contributed by atoms with Crippen molar-refractivity contribution in [2.45, 2.75) is 12.3 Å². The van der Waals surface area contributed by atoms with Crippen LogP contribution in [-0.2, 0) is 10.1 Å². The van der Waals surface area contributed by atoms with Gasteiger partial charge in [-0.1, -0.05) is 15.9 Å². The number of ether oxygens (including phenoxy) is 1. The summed E-state index contributed by atoms with van der Waals surface area (Å²) in [6.07, 6.45) is 2.84. The molecule has 0 spiro atoms. The number of aromatic nitrogens is 2. The number of rotatable bonds is 3. The molecule has 0 saturated carbocycles. The number of nitrogens with zero attached hydrogens (tertiary/aromatic N) is 2. The van der Waals surface area contributed by atoms with Crippen LogP contribution in [0.2, 0.25) is 0 Å². The van der Waals surface area contributed by atoms with Crippen LogP contribution in [-0.4, -0.2) is 22.0 Å². The van der Waals surface area contributed by atoms with Crippen molar-refractivity contribution in [2.75, 3.05) is 6.61 Å². The molecule has 7 heteroatoms. The Bertz CT molecular complexity index is 697. The van der Waals surface area contributed by atoms with E-state index in [1.54, 1.807) is 13.1 Å². The van der Waals surface area contributed by atoms with Gasteiger partial charge >= 0.3 is 5.97 Å². The molecule has 5 nitrogen and oxygen atoms in total. The topological polar surface area (TPSA) is 60.7 Å². The monoisotopic (exact) mass is 388 g/mol. The fourth-order valence-corrected chi connectivity index (χ4v) is 2.56.